The van der Waals surface area contributed by atoms with Crippen molar-refractivity contribution in [1.82, 2.24) is 10.2 Å². The molecule has 30 heavy (non-hydrogen) atoms. The van der Waals surface area contributed by atoms with Crippen molar-refractivity contribution >= 4 is 35.2 Å². The summed E-state index contributed by atoms with van der Waals surface area (Å²) in [5, 5.41) is 3.64. The van der Waals surface area contributed by atoms with E-state index in [1.807, 2.05) is 63.2 Å². The number of hydrogen-bond donors (Lipinski definition) is 1. The molecule has 0 aliphatic carbocycles. The fourth-order valence-corrected chi connectivity index (χ4v) is 4.08. The van der Waals surface area contributed by atoms with E-state index in [9.17, 15) is 9.59 Å². The lowest BCUT2D eigenvalue weighted by atomic mass is 10.1. The van der Waals surface area contributed by atoms with Gasteiger partial charge in [0.1, 0.15) is 6.04 Å². The van der Waals surface area contributed by atoms with Gasteiger partial charge in [-0.3, -0.25) is 9.59 Å². The van der Waals surface area contributed by atoms with Crippen LogP contribution in [0.3, 0.4) is 0 Å². The van der Waals surface area contributed by atoms with Crippen molar-refractivity contribution in [1.29, 1.82) is 0 Å². The van der Waals surface area contributed by atoms with Gasteiger partial charge in [-0.2, -0.15) is 0 Å². The Balaban J connectivity index is 2.06. The van der Waals surface area contributed by atoms with E-state index in [4.69, 9.17) is 11.6 Å². The number of nitrogens with one attached hydrogen (secondary N) is 1. The van der Waals surface area contributed by atoms with Crippen molar-refractivity contribution in [2.75, 3.05) is 12.3 Å². The van der Waals surface area contributed by atoms with Gasteiger partial charge in [-0.15, -0.1) is 11.8 Å². The van der Waals surface area contributed by atoms with Crippen LogP contribution in [0, 0.1) is 12.8 Å². The highest BCUT2D eigenvalue weighted by Gasteiger charge is 2.26. The molecule has 2 amide bonds. The van der Waals surface area contributed by atoms with Crippen molar-refractivity contribution in [3.63, 3.8) is 0 Å². The van der Waals surface area contributed by atoms with Gasteiger partial charge in [-0.1, -0.05) is 67.4 Å². The molecule has 0 saturated carbocycles. The monoisotopic (exact) mass is 446 g/mol. The van der Waals surface area contributed by atoms with Crippen molar-refractivity contribution in [2.45, 2.75) is 46.0 Å². The maximum Gasteiger partial charge on any atom is 0.242 e. The molecular formula is C24H31ClN2O2S. The molecule has 0 unspecified atom stereocenters. The fourth-order valence-electron chi connectivity index (χ4n) is 3.01. The lowest BCUT2D eigenvalue weighted by molar-refractivity contribution is -0.138. The van der Waals surface area contributed by atoms with Crippen LogP contribution in [0.25, 0.3) is 0 Å². The van der Waals surface area contributed by atoms with Crippen LogP contribution < -0.4 is 5.32 Å². The summed E-state index contributed by atoms with van der Waals surface area (Å²) in [5.41, 5.74) is 3.23. The topological polar surface area (TPSA) is 49.4 Å². The number of halogens is 1. The second-order valence-corrected chi connectivity index (χ2v) is 9.37. The zero-order chi connectivity index (χ0) is 22.1. The molecule has 0 aliphatic heterocycles. The summed E-state index contributed by atoms with van der Waals surface area (Å²) in [6, 6.07) is 15.2. The maximum atomic E-state index is 13.1. The molecule has 0 aromatic heterocycles. The van der Waals surface area contributed by atoms with E-state index in [-0.39, 0.29) is 11.8 Å². The number of thioether (sulfide) groups is 1. The predicted molar refractivity (Wildman–Crippen MR) is 127 cm³/mol. The first-order valence-corrected chi connectivity index (χ1v) is 11.7. The van der Waals surface area contributed by atoms with Gasteiger partial charge < -0.3 is 10.2 Å². The van der Waals surface area contributed by atoms with Gasteiger partial charge in [-0.05, 0) is 43.0 Å². The first kappa shape index (κ1) is 24.3. The Morgan fingerprint density at radius 3 is 2.43 bits per heavy atom. The van der Waals surface area contributed by atoms with Crippen LogP contribution in [0.15, 0.2) is 48.5 Å². The summed E-state index contributed by atoms with van der Waals surface area (Å²) in [4.78, 5) is 27.4. The van der Waals surface area contributed by atoms with E-state index in [0.717, 1.165) is 16.7 Å². The highest BCUT2D eigenvalue weighted by atomic mass is 35.5. The molecule has 4 nitrogen and oxygen atoms in total. The lowest BCUT2D eigenvalue weighted by Crippen LogP contribution is -2.48. The molecule has 2 aromatic carbocycles. The third-order valence-electron chi connectivity index (χ3n) is 4.67. The van der Waals surface area contributed by atoms with Gasteiger partial charge >= 0.3 is 0 Å². The summed E-state index contributed by atoms with van der Waals surface area (Å²) in [6.07, 6.45) is 0. The first-order valence-electron chi connectivity index (χ1n) is 10.2. The smallest absolute Gasteiger partial charge is 0.242 e. The van der Waals surface area contributed by atoms with Crippen molar-refractivity contribution in [2.24, 2.45) is 5.92 Å². The van der Waals surface area contributed by atoms with Gasteiger partial charge in [0, 0.05) is 23.9 Å². The zero-order valence-electron chi connectivity index (χ0n) is 18.2. The lowest BCUT2D eigenvalue weighted by Gasteiger charge is -2.29. The molecule has 0 saturated heterocycles. The average Bonchev–Trinajstić information content (AvgIpc) is 2.69. The van der Waals surface area contributed by atoms with E-state index < -0.39 is 6.04 Å². The Bertz CT molecular complexity index is 857. The maximum absolute atomic E-state index is 13.1. The Morgan fingerprint density at radius 2 is 1.77 bits per heavy atom. The number of carbonyl (C=O) groups excluding carboxylic acids is 2. The number of carbonyl (C=O) groups is 2. The summed E-state index contributed by atoms with van der Waals surface area (Å²) >= 11 is 7.57. The third-order valence-corrected chi connectivity index (χ3v) is 5.89. The molecule has 0 fully saturated rings. The normalized spacial score (nSPS) is 11.9. The molecule has 0 bridgehead atoms. The number of nitrogens with zero attached hydrogens (tertiary/aromatic N) is 1. The second kappa shape index (κ2) is 12.0. The number of amides is 2. The quantitative estimate of drug-likeness (QED) is 0.554. The van der Waals surface area contributed by atoms with Crippen molar-refractivity contribution in [3.05, 3.63) is 70.2 Å². The molecule has 0 aliphatic rings. The van der Waals surface area contributed by atoms with Crippen LogP contribution >= 0.6 is 23.4 Å². The van der Waals surface area contributed by atoms with Gasteiger partial charge in [0.05, 0.1) is 5.75 Å². The molecule has 1 atom stereocenters. The molecular weight excluding hydrogens is 416 g/mol. The highest BCUT2D eigenvalue weighted by molar-refractivity contribution is 7.99. The van der Waals surface area contributed by atoms with Crippen LogP contribution in [-0.4, -0.2) is 35.1 Å². The molecule has 1 N–H and O–H groups in total. The summed E-state index contributed by atoms with van der Waals surface area (Å²) in [5.74, 6) is 1.19. The Morgan fingerprint density at radius 1 is 1.07 bits per heavy atom. The highest BCUT2D eigenvalue weighted by Crippen LogP contribution is 2.18. The number of hydrogen-bond acceptors (Lipinski definition) is 3. The van der Waals surface area contributed by atoms with Gasteiger partial charge in [0.15, 0.2) is 0 Å². The van der Waals surface area contributed by atoms with Crippen molar-refractivity contribution in [3.8, 4) is 0 Å². The second-order valence-electron chi connectivity index (χ2n) is 7.95. The number of rotatable bonds is 10. The van der Waals surface area contributed by atoms with E-state index in [0.29, 0.717) is 35.5 Å². The molecule has 162 valence electrons. The molecule has 0 spiro atoms. The Hall–Kier alpha value is -1.98. The van der Waals surface area contributed by atoms with Gasteiger partial charge in [0.25, 0.3) is 0 Å². The SMILES string of the molecule is Cc1cccc(CN(C(=O)CSCc2cccc(Cl)c2)[C@@H](C)C(=O)NCC(C)C)c1. The summed E-state index contributed by atoms with van der Waals surface area (Å²) in [6.45, 7) is 8.92. The van der Waals surface area contributed by atoms with Gasteiger partial charge in [-0.25, -0.2) is 0 Å². The summed E-state index contributed by atoms with van der Waals surface area (Å²) < 4.78 is 0. The Labute approximate surface area is 189 Å². The van der Waals surface area contributed by atoms with E-state index >= 15 is 0 Å². The van der Waals surface area contributed by atoms with Crippen LogP contribution in [0.1, 0.15) is 37.5 Å². The predicted octanol–water partition coefficient (Wildman–Crippen LogP) is 5.07. The number of benzene rings is 2. The molecule has 6 heteroatoms. The van der Waals surface area contributed by atoms with Crippen LogP contribution in [0.2, 0.25) is 5.02 Å². The number of aryl methyl sites for hydroxylation is 1. The first-order chi connectivity index (χ1) is 14.3. The zero-order valence-corrected chi connectivity index (χ0v) is 19.7. The van der Waals surface area contributed by atoms with Crippen molar-refractivity contribution < 1.29 is 9.59 Å². The molecule has 2 rings (SSSR count). The fraction of sp³-hybridized carbons (Fsp3) is 0.417. The molecule has 0 radical (unpaired) electrons. The van der Waals surface area contributed by atoms with E-state index in [1.54, 1.807) is 11.8 Å². The largest absolute Gasteiger partial charge is 0.354 e. The third kappa shape index (κ3) is 8.04. The van der Waals surface area contributed by atoms with E-state index in [2.05, 4.69) is 11.4 Å². The minimum absolute atomic E-state index is 0.0456. The minimum Gasteiger partial charge on any atom is -0.354 e. The molecule has 0 heterocycles. The van der Waals surface area contributed by atoms with Crippen LogP contribution in [0.5, 0.6) is 0 Å². The molecule has 2 aromatic rings. The van der Waals surface area contributed by atoms with E-state index in [1.165, 1.54) is 11.8 Å². The minimum atomic E-state index is -0.538. The van der Waals surface area contributed by atoms with Crippen LogP contribution in [-0.2, 0) is 21.9 Å². The van der Waals surface area contributed by atoms with Crippen LogP contribution in [0.4, 0.5) is 0 Å². The van der Waals surface area contributed by atoms with Gasteiger partial charge in [0.2, 0.25) is 11.8 Å². The summed E-state index contributed by atoms with van der Waals surface area (Å²) in [7, 11) is 0. The average molecular weight is 447 g/mol. The standard InChI is InChI=1S/C24H31ClN2O2S/c1-17(2)13-26-24(29)19(4)27(14-20-8-5-7-18(3)11-20)23(28)16-30-15-21-9-6-10-22(25)12-21/h5-12,17,19H,13-16H2,1-4H3,(H,26,29)/t19-/m0/s1. The Kier molecular flexibility index (Phi) is 9.73.